The second-order valence-electron chi connectivity index (χ2n) is 9.97. The van der Waals surface area contributed by atoms with Crippen molar-refractivity contribution in [2.45, 2.75) is 115 Å². The van der Waals surface area contributed by atoms with E-state index in [-0.39, 0.29) is 5.91 Å². The number of aliphatic carboxylic acids is 1. The summed E-state index contributed by atoms with van der Waals surface area (Å²) in [7, 11) is 0. The summed E-state index contributed by atoms with van der Waals surface area (Å²) >= 11 is 0. The first-order chi connectivity index (χ1) is 16.6. The normalized spacial score (nSPS) is 15.6. The summed E-state index contributed by atoms with van der Waals surface area (Å²) in [6.45, 7) is 3.33. The molecule has 0 aromatic heterocycles. The maximum absolute atomic E-state index is 12.6. The minimum atomic E-state index is -0.860. The van der Waals surface area contributed by atoms with Crippen molar-refractivity contribution in [1.82, 2.24) is 4.90 Å². The van der Waals surface area contributed by atoms with E-state index in [4.69, 9.17) is 0 Å². The number of benzene rings is 1. The van der Waals surface area contributed by atoms with Crippen molar-refractivity contribution in [3.63, 3.8) is 0 Å². The minimum absolute atomic E-state index is 0.185. The molecule has 1 aromatic rings. The fourth-order valence-electron chi connectivity index (χ4n) is 5.03. The van der Waals surface area contributed by atoms with Crippen LogP contribution >= 0.6 is 0 Å². The summed E-state index contributed by atoms with van der Waals surface area (Å²) in [5, 5.41) is 9.91. The van der Waals surface area contributed by atoms with Crippen LogP contribution in [0.25, 0.3) is 0 Å². The molecule has 1 fully saturated rings. The summed E-state index contributed by atoms with van der Waals surface area (Å²) < 4.78 is 0. The quantitative estimate of drug-likeness (QED) is 0.188. The second kappa shape index (κ2) is 16.5. The largest absolute Gasteiger partial charge is 0.481 e. The number of amides is 1. The Hall–Kier alpha value is -2.10. The zero-order valence-electron chi connectivity index (χ0n) is 21.5. The molecule has 190 valence electrons. The lowest BCUT2D eigenvalue weighted by Gasteiger charge is -2.39. The first-order valence-electron chi connectivity index (χ1n) is 13.8. The number of piperidine rings is 1. The number of nitrogens with zero attached hydrogens (tertiary/aromatic N) is 1. The molecule has 4 nitrogen and oxygen atoms in total. The predicted octanol–water partition coefficient (Wildman–Crippen LogP) is 7.67. The van der Waals surface area contributed by atoms with Crippen molar-refractivity contribution >= 4 is 11.9 Å². The topological polar surface area (TPSA) is 57.6 Å². The number of rotatable bonds is 17. The number of unbranched alkanes of at least 4 members (excludes halogenated alkanes) is 11. The fourth-order valence-corrected chi connectivity index (χ4v) is 5.03. The van der Waals surface area contributed by atoms with E-state index >= 15 is 0 Å². The molecular weight excluding hydrogens is 422 g/mol. The number of hydrogen-bond donors (Lipinski definition) is 1. The van der Waals surface area contributed by atoms with Gasteiger partial charge in [-0.15, -0.1) is 0 Å². The van der Waals surface area contributed by atoms with E-state index in [1.807, 2.05) is 35.2 Å². The van der Waals surface area contributed by atoms with E-state index in [2.05, 4.69) is 19.1 Å². The predicted molar refractivity (Wildman–Crippen MR) is 141 cm³/mol. The van der Waals surface area contributed by atoms with Gasteiger partial charge in [0.05, 0.1) is 5.41 Å². The number of hydrogen-bond acceptors (Lipinski definition) is 2. The van der Waals surface area contributed by atoms with Gasteiger partial charge in [0.2, 0.25) is 5.91 Å². The van der Waals surface area contributed by atoms with Crippen LogP contribution < -0.4 is 0 Å². The van der Waals surface area contributed by atoms with Gasteiger partial charge in [0.15, 0.2) is 0 Å². The first-order valence-corrected chi connectivity index (χ1v) is 13.8. The minimum Gasteiger partial charge on any atom is -0.481 e. The molecule has 0 saturated carbocycles. The van der Waals surface area contributed by atoms with Gasteiger partial charge in [0.1, 0.15) is 0 Å². The van der Waals surface area contributed by atoms with Crippen molar-refractivity contribution in [2.75, 3.05) is 13.1 Å². The molecule has 34 heavy (non-hydrogen) atoms. The van der Waals surface area contributed by atoms with Gasteiger partial charge < -0.3 is 10.0 Å². The second-order valence-corrected chi connectivity index (χ2v) is 9.97. The number of allylic oxidation sites excluding steroid dienone is 2. The third-order valence-corrected chi connectivity index (χ3v) is 7.36. The molecule has 0 unspecified atom stereocenters. The Kier molecular flexibility index (Phi) is 13.7. The lowest BCUT2D eigenvalue weighted by Crippen LogP contribution is -2.49. The summed E-state index contributed by atoms with van der Waals surface area (Å²) in [5.41, 5.74) is -0.00643. The van der Waals surface area contributed by atoms with Crippen LogP contribution in [0.3, 0.4) is 0 Å². The Balaban J connectivity index is 1.51. The van der Waals surface area contributed by atoms with Crippen LogP contribution in [-0.2, 0) is 15.0 Å². The monoisotopic (exact) mass is 469 g/mol. The van der Waals surface area contributed by atoms with E-state index in [0.717, 1.165) is 18.4 Å². The smallest absolute Gasteiger partial charge is 0.314 e. The molecule has 1 saturated heterocycles. The average Bonchev–Trinajstić information content (AvgIpc) is 2.86. The van der Waals surface area contributed by atoms with Gasteiger partial charge in [-0.3, -0.25) is 9.59 Å². The molecule has 0 atom stereocenters. The van der Waals surface area contributed by atoms with Crippen LogP contribution in [0, 0.1) is 0 Å². The highest BCUT2D eigenvalue weighted by Gasteiger charge is 2.43. The van der Waals surface area contributed by atoms with E-state index in [0.29, 0.717) is 32.4 Å². The maximum atomic E-state index is 12.6. The molecule has 1 N–H and O–H groups in total. The van der Waals surface area contributed by atoms with Crippen molar-refractivity contribution in [2.24, 2.45) is 0 Å². The van der Waals surface area contributed by atoms with Crippen molar-refractivity contribution < 1.29 is 14.7 Å². The maximum Gasteiger partial charge on any atom is 0.314 e. The third kappa shape index (κ3) is 9.64. The third-order valence-electron chi connectivity index (χ3n) is 7.36. The molecule has 1 heterocycles. The first kappa shape index (κ1) is 28.1. The molecule has 0 spiro atoms. The van der Waals surface area contributed by atoms with Crippen LogP contribution in [0.2, 0.25) is 0 Å². The fraction of sp³-hybridized carbons (Fsp3) is 0.667. The van der Waals surface area contributed by atoms with Gasteiger partial charge in [-0.05, 0) is 50.5 Å². The summed E-state index contributed by atoms with van der Waals surface area (Å²) in [4.78, 5) is 26.6. The zero-order chi connectivity index (χ0) is 24.5. The SMILES string of the molecule is CCCCCCCCC=CCCCCCCCC(=O)N1CCC(C(=O)O)(c2ccccc2)CC1. The number of carboxylic acid groups (broad SMARTS) is 1. The van der Waals surface area contributed by atoms with Crippen molar-refractivity contribution in [3.05, 3.63) is 48.0 Å². The van der Waals surface area contributed by atoms with Crippen LogP contribution in [0.1, 0.15) is 115 Å². The van der Waals surface area contributed by atoms with Crippen LogP contribution in [0.15, 0.2) is 42.5 Å². The Bertz CT molecular complexity index is 720. The molecule has 2 rings (SSSR count). The van der Waals surface area contributed by atoms with E-state index in [9.17, 15) is 14.7 Å². The molecule has 1 aliphatic heterocycles. The van der Waals surface area contributed by atoms with Gasteiger partial charge in [0, 0.05) is 19.5 Å². The Morgan fingerprint density at radius 3 is 1.91 bits per heavy atom. The highest BCUT2D eigenvalue weighted by atomic mass is 16.4. The van der Waals surface area contributed by atoms with E-state index in [1.54, 1.807) is 0 Å². The van der Waals surface area contributed by atoms with Crippen LogP contribution in [0.5, 0.6) is 0 Å². The molecule has 0 aliphatic carbocycles. The molecule has 0 bridgehead atoms. The standard InChI is InChI=1S/C30H47NO3/c1-2-3-4-5-6-7-8-9-10-11-12-13-14-15-19-22-28(32)31-25-23-30(24-26-31,29(33)34)27-20-17-16-18-21-27/h9-10,16-18,20-21H,2-8,11-15,19,22-26H2,1H3,(H,33,34). The summed E-state index contributed by atoms with van der Waals surface area (Å²) in [5.74, 6) is -0.590. The highest BCUT2D eigenvalue weighted by Crippen LogP contribution is 2.36. The van der Waals surface area contributed by atoms with E-state index in [1.165, 1.54) is 70.6 Å². The molecule has 1 aromatic carbocycles. The number of carboxylic acids is 1. The van der Waals surface area contributed by atoms with Gasteiger partial charge in [-0.2, -0.15) is 0 Å². The highest BCUT2D eigenvalue weighted by molar-refractivity contribution is 5.82. The Labute approximate surface area is 207 Å². The van der Waals surface area contributed by atoms with Gasteiger partial charge >= 0.3 is 5.97 Å². The molecule has 1 amide bonds. The number of carbonyl (C=O) groups excluding carboxylic acids is 1. The molecule has 4 heteroatoms. The average molecular weight is 470 g/mol. The zero-order valence-corrected chi connectivity index (χ0v) is 21.5. The Morgan fingerprint density at radius 2 is 1.35 bits per heavy atom. The van der Waals surface area contributed by atoms with Crippen LogP contribution in [0.4, 0.5) is 0 Å². The van der Waals surface area contributed by atoms with Crippen molar-refractivity contribution in [1.29, 1.82) is 0 Å². The Morgan fingerprint density at radius 1 is 0.824 bits per heavy atom. The molecule has 1 aliphatic rings. The number of likely N-dealkylation sites (tertiary alicyclic amines) is 1. The van der Waals surface area contributed by atoms with Crippen molar-refractivity contribution in [3.8, 4) is 0 Å². The molecule has 0 radical (unpaired) electrons. The summed E-state index contributed by atoms with van der Waals surface area (Å²) in [6.07, 6.45) is 22.5. The van der Waals surface area contributed by atoms with Gasteiger partial charge in [-0.1, -0.05) is 101 Å². The lowest BCUT2D eigenvalue weighted by atomic mass is 9.73. The molecular formula is C30H47NO3. The van der Waals surface area contributed by atoms with Gasteiger partial charge in [-0.25, -0.2) is 0 Å². The van der Waals surface area contributed by atoms with E-state index < -0.39 is 11.4 Å². The summed E-state index contributed by atoms with van der Waals surface area (Å²) in [6, 6.07) is 9.49. The number of carbonyl (C=O) groups is 2. The van der Waals surface area contributed by atoms with Gasteiger partial charge in [0.25, 0.3) is 0 Å². The van der Waals surface area contributed by atoms with Crippen LogP contribution in [-0.4, -0.2) is 35.0 Å². The lowest BCUT2D eigenvalue weighted by molar-refractivity contribution is -0.148.